The molecule has 0 saturated heterocycles. The number of nitrogens with one attached hydrogen (secondary N) is 3. The van der Waals surface area contributed by atoms with E-state index in [9.17, 15) is 9.13 Å². The largest absolute Gasteiger partial charge is 0.317 e. The minimum atomic E-state index is -2.82. The van der Waals surface area contributed by atoms with Crippen LogP contribution in [0.5, 0.6) is 0 Å². The third-order valence-corrected chi connectivity index (χ3v) is 6.88. The predicted octanol–water partition coefficient (Wildman–Crippen LogP) is 2.67. The van der Waals surface area contributed by atoms with E-state index >= 15 is 0 Å². The van der Waals surface area contributed by atoms with Crippen LogP contribution in [0.3, 0.4) is 0 Å². The Balaban J connectivity index is 1.86. The van der Waals surface area contributed by atoms with Crippen molar-refractivity contribution in [3.05, 3.63) is 60.7 Å². The molecule has 0 fully saturated rings. The molecule has 2 aromatic carbocycles. The van der Waals surface area contributed by atoms with E-state index in [1.54, 1.807) is 0 Å². The minimum absolute atomic E-state index is 0.0149. The quantitative estimate of drug-likeness (QED) is 0.392. The average Bonchev–Trinajstić information content (AvgIpc) is 2.68. The SMILES string of the molecule is O=PNCCCNCCCNP(=O)(c1ccccc1)c1ccccc1. The fourth-order valence-electron chi connectivity index (χ4n) is 2.52. The monoisotopic (exact) mass is 377 g/mol. The van der Waals surface area contributed by atoms with E-state index in [1.807, 2.05) is 60.7 Å². The van der Waals surface area contributed by atoms with E-state index in [0.29, 0.717) is 6.54 Å². The lowest BCUT2D eigenvalue weighted by molar-refractivity contribution is 0.570. The number of hydrogen-bond acceptors (Lipinski definition) is 3. The fraction of sp³-hybridized carbons (Fsp3) is 0.333. The van der Waals surface area contributed by atoms with Gasteiger partial charge < -0.3 is 5.32 Å². The van der Waals surface area contributed by atoms with Crippen LogP contribution in [-0.2, 0) is 9.13 Å². The van der Waals surface area contributed by atoms with Crippen LogP contribution in [0.1, 0.15) is 12.8 Å². The van der Waals surface area contributed by atoms with Gasteiger partial charge in [-0.1, -0.05) is 36.4 Å². The minimum Gasteiger partial charge on any atom is -0.317 e. The summed E-state index contributed by atoms with van der Waals surface area (Å²) in [6, 6.07) is 19.2. The third-order valence-electron chi connectivity index (χ3n) is 3.81. The van der Waals surface area contributed by atoms with Crippen LogP contribution < -0.4 is 26.1 Å². The Morgan fingerprint density at radius 3 is 1.80 bits per heavy atom. The number of hydrogen-bond donors (Lipinski definition) is 3. The summed E-state index contributed by atoms with van der Waals surface area (Å²) < 4.78 is 23.9. The summed E-state index contributed by atoms with van der Waals surface area (Å²) in [7, 11) is -2.83. The average molecular weight is 377 g/mol. The van der Waals surface area contributed by atoms with Gasteiger partial charge in [0.25, 0.3) is 0 Å². The van der Waals surface area contributed by atoms with Crippen LogP contribution in [0.2, 0.25) is 0 Å². The van der Waals surface area contributed by atoms with Crippen molar-refractivity contribution in [2.24, 2.45) is 0 Å². The van der Waals surface area contributed by atoms with Crippen LogP contribution >= 0.6 is 15.9 Å². The number of benzene rings is 2. The van der Waals surface area contributed by atoms with Crippen LogP contribution in [0.25, 0.3) is 0 Å². The molecule has 134 valence electrons. The molecule has 2 aromatic rings. The van der Waals surface area contributed by atoms with Crippen LogP contribution in [0.15, 0.2) is 60.7 Å². The van der Waals surface area contributed by atoms with Crippen molar-refractivity contribution in [1.29, 1.82) is 0 Å². The van der Waals surface area contributed by atoms with Gasteiger partial charge in [0.1, 0.15) is 0 Å². The molecular formula is C18H25N3O2P2. The van der Waals surface area contributed by atoms with Crippen molar-refractivity contribution < 1.29 is 9.13 Å². The molecule has 0 saturated carbocycles. The summed E-state index contributed by atoms with van der Waals surface area (Å²) in [6.07, 6.45) is 1.81. The first-order valence-electron chi connectivity index (χ1n) is 8.50. The lowest BCUT2D eigenvalue weighted by Gasteiger charge is -2.20. The maximum atomic E-state index is 13.7. The summed E-state index contributed by atoms with van der Waals surface area (Å²) in [5.41, 5.74) is 0. The van der Waals surface area contributed by atoms with Crippen molar-refractivity contribution in [1.82, 2.24) is 15.5 Å². The van der Waals surface area contributed by atoms with Crippen molar-refractivity contribution in [3.8, 4) is 0 Å². The smallest absolute Gasteiger partial charge is 0.245 e. The molecule has 0 aliphatic heterocycles. The Kier molecular flexibility index (Phi) is 9.03. The van der Waals surface area contributed by atoms with Gasteiger partial charge >= 0.3 is 0 Å². The van der Waals surface area contributed by atoms with Crippen molar-refractivity contribution in [3.63, 3.8) is 0 Å². The van der Waals surface area contributed by atoms with E-state index < -0.39 is 7.29 Å². The van der Waals surface area contributed by atoms with Gasteiger partial charge in [-0.25, -0.2) is 5.09 Å². The molecule has 25 heavy (non-hydrogen) atoms. The molecular weight excluding hydrogens is 352 g/mol. The van der Waals surface area contributed by atoms with Crippen LogP contribution in [0, 0.1) is 0 Å². The summed E-state index contributed by atoms with van der Waals surface area (Å²) in [5, 5.41) is 11.0. The van der Waals surface area contributed by atoms with Gasteiger partial charge in [-0.2, -0.15) is 0 Å². The highest BCUT2D eigenvalue weighted by molar-refractivity contribution is 7.76. The van der Waals surface area contributed by atoms with E-state index in [2.05, 4.69) is 15.5 Å². The van der Waals surface area contributed by atoms with E-state index in [-0.39, 0.29) is 8.61 Å². The molecule has 7 heteroatoms. The molecule has 3 N–H and O–H groups in total. The summed E-state index contributed by atoms with van der Waals surface area (Å²) in [4.78, 5) is 0. The number of rotatable bonds is 12. The third kappa shape index (κ3) is 6.47. The normalized spacial score (nSPS) is 11.7. The summed E-state index contributed by atoms with van der Waals surface area (Å²) >= 11 is 0. The van der Waals surface area contributed by atoms with E-state index in [0.717, 1.165) is 43.1 Å². The first-order chi connectivity index (χ1) is 12.3. The van der Waals surface area contributed by atoms with Gasteiger partial charge in [-0.15, -0.1) is 0 Å². The highest BCUT2D eigenvalue weighted by atomic mass is 31.2. The summed E-state index contributed by atoms with van der Waals surface area (Å²) in [6.45, 7) is 3.13. The second kappa shape index (κ2) is 11.3. The Labute approximate surface area is 151 Å². The lowest BCUT2D eigenvalue weighted by atomic mass is 10.4. The van der Waals surface area contributed by atoms with Gasteiger partial charge in [0.2, 0.25) is 15.9 Å². The standard InChI is InChI=1S/C18H25N3O2P2/c22-24-20-15-7-13-19-14-8-16-21-25(23,17-9-3-1-4-10-17)18-11-5-2-6-12-18/h1-6,9-12,19H,7-8,13-16H2,(H,20,22)(H,21,23). The first kappa shape index (κ1) is 20.0. The molecule has 0 unspecified atom stereocenters. The Morgan fingerprint density at radius 2 is 1.28 bits per heavy atom. The van der Waals surface area contributed by atoms with Gasteiger partial charge in [0.05, 0.1) is 0 Å². The van der Waals surface area contributed by atoms with Gasteiger partial charge in [-0.05, 0) is 50.2 Å². The van der Waals surface area contributed by atoms with Crippen LogP contribution in [0.4, 0.5) is 0 Å². The Morgan fingerprint density at radius 1 is 0.760 bits per heavy atom. The first-order valence-corrected chi connectivity index (χ1v) is 11.0. The molecule has 5 nitrogen and oxygen atoms in total. The zero-order valence-electron chi connectivity index (χ0n) is 14.2. The van der Waals surface area contributed by atoms with Crippen molar-refractivity contribution in [2.45, 2.75) is 12.8 Å². The molecule has 0 atom stereocenters. The topological polar surface area (TPSA) is 70.2 Å². The highest BCUT2D eigenvalue weighted by Crippen LogP contribution is 2.38. The van der Waals surface area contributed by atoms with E-state index in [1.165, 1.54) is 0 Å². The second-order valence-corrected chi connectivity index (χ2v) is 8.71. The molecule has 0 radical (unpaired) electrons. The predicted molar refractivity (Wildman–Crippen MR) is 105 cm³/mol. The van der Waals surface area contributed by atoms with E-state index in [4.69, 9.17) is 0 Å². The van der Waals surface area contributed by atoms with Gasteiger partial charge in [-0.3, -0.25) is 14.2 Å². The lowest BCUT2D eigenvalue weighted by Crippen LogP contribution is -2.30. The molecule has 0 amide bonds. The second-order valence-electron chi connectivity index (χ2n) is 5.64. The maximum Gasteiger partial charge on any atom is 0.245 e. The zero-order valence-corrected chi connectivity index (χ0v) is 16.0. The van der Waals surface area contributed by atoms with Crippen molar-refractivity contribution in [2.75, 3.05) is 26.2 Å². The maximum absolute atomic E-state index is 13.7. The fourth-order valence-corrected chi connectivity index (χ4v) is 5.09. The molecule has 0 bridgehead atoms. The van der Waals surface area contributed by atoms with Crippen LogP contribution in [-0.4, -0.2) is 26.2 Å². The zero-order chi connectivity index (χ0) is 17.8. The molecule has 0 aliphatic carbocycles. The Hall–Kier alpha value is -1.35. The summed E-state index contributed by atoms with van der Waals surface area (Å²) in [5.74, 6) is 0. The highest BCUT2D eigenvalue weighted by Gasteiger charge is 2.25. The molecule has 0 aromatic heterocycles. The molecule has 0 spiro atoms. The molecule has 0 heterocycles. The Bertz CT molecular complexity index is 625. The van der Waals surface area contributed by atoms with Gasteiger partial charge in [0, 0.05) is 23.7 Å². The van der Waals surface area contributed by atoms with Crippen molar-refractivity contribution >= 4 is 26.5 Å². The van der Waals surface area contributed by atoms with Gasteiger partial charge in [0.15, 0.2) is 0 Å². The molecule has 2 rings (SSSR count). The molecule has 0 aliphatic rings.